The van der Waals surface area contributed by atoms with Crippen molar-refractivity contribution >= 4 is 5.91 Å². The molecular formula is C10H18N4O2. The summed E-state index contributed by atoms with van der Waals surface area (Å²) < 4.78 is 6.58. The fraction of sp³-hybridized carbons (Fsp3) is 0.600. The molecule has 90 valence electrons. The zero-order chi connectivity index (χ0) is 12.0. The van der Waals surface area contributed by atoms with Gasteiger partial charge in [0.1, 0.15) is 6.54 Å². The Morgan fingerprint density at radius 1 is 1.75 bits per heavy atom. The lowest BCUT2D eigenvalue weighted by Crippen LogP contribution is -2.31. The summed E-state index contributed by atoms with van der Waals surface area (Å²) in [4.78, 5) is 15.5. The number of carbonyl (C=O) groups excluding carboxylic acids is 1. The molecule has 0 fully saturated rings. The maximum atomic E-state index is 11.5. The van der Waals surface area contributed by atoms with E-state index in [9.17, 15) is 4.79 Å². The van der Waals surface area contributed by atoms with Gasteiger partial charge < -0.3 is 20.4 Å². The third-order valence-electron chi connectivity index (χ3n) is 2.15. The molecule has 0 saturated heterocycles. The van der Waals surface area contributed by atoms with Crippen molar-refractivity contribution in [2.75, 3.05) is 20.3 Å². The van der Waals surface area contributed by atoms with Gasteiger partial charge in [-0.3, -0.25) is 4.79 Å². The number of aromatic nitrogens is 2. The molecule has 1 aromatic rings. The highest BCUT2D eigenvalue weighted by molar-refractivity contribution is 5.75. The zero-order valence-corrected chi connectivity index (χ0v) is 9.64. The molecule has 1 aromatic heterocycles. The lowest BCUT2D eigenvalue weighted by molar-refractivity contribution is -0.121. The summed E-state index contributed by atoms with van der Waals surface area (Å²) in [5, 5.41) is 2.73. The molecule has 1 heterocycles. The van der Waals surface area contributed by atoms with Crippen LogP contribution >= 0.6 is 0 Å². The maximum Gasteiger partial charge on any atom is 0.240 e. The van der Waals surface area contributed by atoms with E-state index in [1.165, 1.54) is 0 Å². The largest absolute Gasteiger partial charge is 0.383 e. The topological polar surface area (TPSA) is 82.2 Å². The van der Waals surface area contributed by atoms with Crippen molar-refractivity contribution < 1.29 is 9.53 Å². The van der Waals surface area contributed by atoms with E-state index in [0.29, 0.717) is 13.2 Å². The summed E-state index contributed by atoms with van der Waals surface area (Å²) in [5.41, 5.74) is 6.59. The van der Waals surface area contributed by atoms with E-state index in [1.54, 1.807) is 24.2 Å². The van der Waals surface area contributed by atoms with Gasteiger partial charge >= 0.3 is 0 Å². The first-order chi connectivity index (χ1) is 7.65. The molecule has 1 amide bonds. The molecular weight excluding hydrogens is 208 g/mol. The molecule has 0 unspecified atom stereocenters. The van der Waals surface area contributed by atoms with Gasteiger partial charge in [0.2, 0.25) is 5.91 Å². The number of amides is 1. The maximum absolute atomic E-state index is 11.5. The van der Waals surface area contributed by atoms with Crippen LogP contribution in [0.15, 0.2) is 12.5 Å². The first-order valence-electron chi connectivity index (χ1n) is 5.16. The number of rotatable bonds is 6. The van der Waals surface area contributed by atoms with Crippen molar-refractivity contribution in [1.82, 2.24) is 14.9 Å². The van der Waals surface area contributed by atoms with Crippen molar-refractivity contribution in [2.45, 2.75) is 19.5 Å². The van der Waals surface area contributed by atoms with E-state index in [-0.39, 0.29) is 18.5 Å². The number of nitrogens with one attached hydrogen (secondary N) is 1. The van der Waals surface area contributed by atoms with E-state index in [1.807, 2.05) is 6.92 Å². The third-order valence-corrected chi connectivity index (χ3v) is 2.15. The first kappa shape index (κ1) is 12.7. The van der Waals surface area contributed by atoms with Crippen LogP contribution in [-0.2, 0) is 16.1 Å². The monoisotopic (exact) mass is 226 g/mol. The van der Waals surface area contributed by atoms with Crippen LogP contribution in [0.4, 0.5) is 0 Å². The van der Waals surface area contributed by atoms with Crippen molar-refractivity contribution in [2.24, 2.45) is 5.73 Å². The zero-order valence-electron chi connectivity index (χ0n) is 9.64. The molecule has 16 heavy (non-hydrogen) atoms. The first-order valence-corrected chi connectivity index (χ1v) is 5.16. The molecule has 6 heteroatoms. The molecule has 0 aliphatic carbocycles. The summed E-state index contributed by atoms with van der Waals surface area (Å²) in [7, 11) is 1.59. The number of hydrogen-bond acceptors (Lipinski definition) is 4. The smallest absolute Gasteiger partial charge is 0.240 e. The molecule has 0 spiro atoms. The number of nitrogens with two attached hydrogens (primary N) is 1. The number of ether oxygens (including phenoxy) is 1. The molecule has 0 radical (unpaired) electrons. The van der Waals surface area contributed by atoms with Crippen molar-refractivity contribution in [3.05, 3.63) is 18.2 Å². The van der Waals surface area contributed by atoms with Gasteiger partial charge in [-0.2, -0.15) is 0 Å². The molecule has 0 saturated carbocycles. The molecule has 3 N–H and O–H groups in total. The van der Waals surface area contributed by atoms with Gasteiger partial charge in [0.25, 0.3) is 0 Å². The average molecular weight is 226 g/mol. The van der Waals surface area contributed by atoms with E-state index >= 15 is 0 Å². The van der Waals surface area contributed by atoms with Crippen LogP contribution in [0.3, 0.4) is 0 Å². The second-order valence-electron chi connectivity index (χ2n) is 3.58. The Kier molecular flexibility index (Phi) is 4.94. The number of hydrogen-bond donors (Lipinski definition) is 2. The Labute approximate surface area is 94.8 Å². The summed E-state index contributed by atoms with van der Waals surface area (Å²) >= 11 is 0. The van der Waals surface area contributed by atoms with Gasteiger partial charge in [0.15, 0.2) is 0 Å². The van der Waals surface area contributed by atoms with Crippen LogP contribution in [0.2, 0.25) is 0 Å². The quantitative estimate of drug-likeness (QED) is 0.650. The van der Waals surface area contributed by atoms with E-state index in [2.05, 4.69) is 10.3 Å². The van der Waals surface area contributed by atoms with Gasteiger partial charge in [-0.1, -0.05) is 0 Å². The van der Waals surface area contributed by atoms with Gasteiger partial charge in [-0.15, -0.1) is 0 Å². The van der Waals surface area contributed by atoms with Crippen LogP contribution in [0.25, 0.3) is 0 Å². The number of nitrogens with zero attached hydrogens (tertiary/aromatic N) is 2. The summed E-state index contributed by atoms with van der Waals surface area (Å²) in [6, 6.07) is -0.130. The van der Waals surface area contributed by atoms with E-state index in [0.717, 1.165) is 5.69 Å². The predicted octanol–water partition coefficient (Wildman–Crippen LogP) is -0.335. The average Bonchev–Trinajstić information content (AvgIpc) is 2.66. The number of methoxy groups -OCH3 is 1. The Hall–Kier alpha value is -1.40. The lowest BCUT2D eigenvalue weighted by atomic mass is 10.3. The summed E-state index contributed by atoms with van der Waals surface area (Å²) in [6.07, 6.45) is 3.28. The molecule has 1 atom stereocenters. The van der Waals surface area contributed by atoms with Crippen molar-refractivity contribution in [1.29, 1.82) is 0 Å². The second-order valence-corrected chi connectivity index (χ2v) is 3.58. The Bertz CT molecular complexity index is 335. The van der Waals surface area contributed by atoms with Crippen molar-refractivity contribution in [3.63, 3.8) is 0 Å². The Balaban J connectivity index is 2.46. The fourth-order valence-electron chi connectivity index (χ4n) is 1.35. The van der Waals surface area contributed by atoms with Crippen LogP contribution in [0, 0.1) is 0 Å². The highest BCUT2D eigenvalue weighted by atomic mass is 16.5. The molecule has 0 bridgehead atoms. The molecule has 0 aliphatic rings. The Morgan fingerprint density at radius 2 is 2.50 bits per heavy atom. The molecule has 0 aliphatic heterocycles. The number of carbonyl (C=O) groups is 1. The third kappa shape index (κ3) is 3.63. The second kappa shape index (κ2) is 6.24. The Morgan fingerprint density at radius 3 is 3.12 bits per heavy atom. The van der Waals surface area contributed by atoms with Gasteiger partial charge in [-0.25, -0.2) is 4.98 Å². The van der Waals surface area contributed by atoms with Gasteiger partial charge in [0.05, 0.1) is 18.6 Å². The molecule has 0 aromatic carbocycles. The minimum absolute atomic E-state index is 0.0723. The normalized spacial score (nSPS) is 12.4. The van der Waals surface area contributed by atoms with Crippen molar-refractivity contribution in [3.8, 4) is 0 Å². The van der Waals surface area contributed by atoms with Gasteiger partial charge in [0, 0.05) is 25.9 Å². The fourth-order valence-corrected chi connectivity index (χ4v) is 1.35. The summed E-state index contributed by atoms with van der Waals surface area (Å²) in [5.74, 6) is -0.0723. The van der Waals surface area contributed by atoms with Crippen LogP contribution in [0.1, 0.15) is 18.7 Å². The van der Waals surface area contributed by atoms with E-state index in [4.69, 9.17) is 10.5 Å². The molecule has 6 nitrogen and oxygen atoms in total. The SMILES string of the molecule is COCCNC(=O)Cn1cncc1[C@@H](C)N. The van der Waals surface area contributed by atoms with Gasteiger partial charge in [-0.05, 0) is 6.92 Å². The predicted molar refractivity (Wildman–Crippen MR) is 59.7 cm³/mol. The van der Waals surface area contributed by atoms with E-state index < -0.39 is 0 Å². The summed E-state index contributed by atoms with van der Waals surface area (Å²) in [6.45, 7) is 3.12. The van der Waals surface area contributed by atoms with Crippen LogP contribution in [0.5, 0.6) is 0 Å². The minimum atomic E-state index is -0.130. The highest BCUT2D eigenvalue weighted by Gasteiger charge is 2.09. The lowest BCUT2D eigenvalue weighted by Gasteiger charge is -2.10. The van der Waals surface area contributed by atoms with Crippen LogP contribution < -0.4 is 11.1 Å². The standard InChI is InChI=1S/C10H18N4O2/c1-8(11)9-5-12-7-14(9)6-10(15)13-3-4-16-2/h5,7-8H,3-4,6,11H2,1-2H3,(H,13,15)/t8-/m1/s1. The minimum Gasteiger partial charge on any atom is -0.383 e. The number of imidazole rings is 1. The molecule has 1 rings (SSSR count). The highest BCUT2D eigenvalue weighted by Crippen LogP contribution is 2.07. The van der Waals surface area contributed by atoms with Crippen LogP contribution in [-0.4, -0.2) is 35.7 Å².